The molecule has 0 amide bonds. The largest absolute Gasteiger partial charge is 0.456 e. The second-order valence-electron chi connectivity index (χ2n) is 16.1. The molecule has 0 N–H and O–H groups in total. The first kappa shape index (κ1) is 35.7. The lowest BCUT2D eigenvalue weighted by Crippen LogP contribution is -2.11. The Labute approximate surface area is 360 Å². The molecule has 0 saturated carbocycles. The van der Waals surface area contributed by atoms with Gasteiger partial charge in [0.25, 0.3) is 0 Å². The van der Waals surface area contributed by atoms with Gasteiger partial charge in [0.1, 0.15) is 11.2 Å². The van der Waals surface area contributed by atoms with Gasteiger partial charge in [-0.2, -0.15) is 0 Å². The van der Waals surface area contributed by atoms with Crippen LogP contribution >= 0.6 is 0 Å². The number of hydrogen-bond donors (Lipinski definition) is 0. The smallest absolute Gasteiger partial charge is 0.136 e. The molecule has 2 heteroatoms. The molecule has 0 aliphatic heterocycles. The number of benzene rings is 11. The van der Waals surface area contributed by atoms with Gasteiger partial charge in [0.15, 0.2) is 0 Å². The van der Waals surface area contributed by atoms with Crippen LogP contribution in [0.3, 0.4) is 0 Å². The van der Waals surface area contributed by atoms with E-state index < -0.39 is 0 Å². The molecule has 0 aliphatic carbocycles. The van der Waals surface area contributed by atoms with Crippen LogP contribution in [0.15, 0.2) is 241 Å². The second-order valence-corrected chi connectivity index (χ2v) is 16.1. The lowest BCUT2D eigenvalue weighted by atomic mass is 9.96. The molecule has 0 fully saturated rings. The molecule has 12 aromatic rings. The molecule has 2 nitrogen and oxygen atoms in total. The Hall–Kier alpha value is -8.20. The van der Waals surface area contributed by atoms with Crippen molar-refractivity contribution in [3.63, 3.8) is 0 Å². The lowest BCUT2D eigenvalue weighted by molar-refractivity contribution is 0.669. The zero-order valence-corrected chi connectivity index (χ0v) is 33.9. The topological polar surface area (TPSA) is 16.4 Å². The number of para-hydroxylation sites is 2. The molecule has 0 saturated heterocycles. The lowest BCUT2D eigenvalue weighted by Gasteiger charge is -2.28. The highest BCUT2D eigenvalue weighted by atomic mass is 16.3. The van der Waals surface area contributed by atoms with Crippen molar-refractivity contribution in [1.82, 2.24) is 0 Å². The van der Waals surface area contributed by atoms with Crippen molar-refractivity contribution in [2.45, 2.75) is 0 Å². The van der Waals surface area contributed by atoms with Crippen molar-refractivity contribution in [2.75, 3.05) is 4.90 Å². The first-order valence-electron chi connectivity index (χ1n) is 21.2. The molecular weight excluding hydrogens is 751 g/mol. The number of hydrogen-bond acceptors (Lipinski definition) is 2. The molecule has 290 valence electrons. The molecule has 1 heterocycles. The van der Waals surface area contributed by atoms with Gasteiger partial charge in [0.2, 0.25) is 0 Å². The van der Waals surface area contributed by atoms with Gasteiger partial charge in [0.05, 0.1) is 5.69 Å². The zero-order chi connectivity index (χ0) is 41.0. The van der Waals surface area contributed by atoms with Crippen LogP contribution < -0.4 is 4.90 Å². The van der Waals surface area contributed by atoms with Crippen molar-refractivity contribution >= 4 is 71.3 Å². The monoisotopic (exact) mass is 789 g/mol. The van der Waals surface area contributed by atoms with Gasteiger partial charge < -0.3 is 9.32 Å². The normalized spacial score (nSPS) is 11.5. The second kappa shape index (κ2) is 14.8. The number of rotatable bonds is 7. The van der Waals surface area contributed by atoms with Crippen LogP contribution in [0.4, 0.5) is 17.1 Å². The summed E-state index contributed by atoms with van der Waals surface area (Å²) < 4.78 is 6.27. The zero-order valence-electron chi connectivity index (χ0n) is 33.9. The van der Waals surface area contributed by atoms with E-state index in [1.165, 1.54) is 54.6 Å². The van der Waals surface area contributed by atoms with Crippen LogP contribution in [0.1, 0.15) is 0 Å². The van der Waals surface area contributed by atoms with Crippen molar-refractivity contribution < 1.29 is 4.42 Å². The summed E-state index contributed by atoms with van der Waals surface area (Å²) in [7, 11) is 0. The molecular formula is C60H39NO. The highest BCUT2D eigenvalue weighted by molar-refractivity contribution is 6.12. The van der Waals surface area contributed by atoms with Crippen molar-refractivity contribution in [3.8, 4) is 44.5 Å². The summed E-state index contributed by atoms with van der Waals surface area (Å²) >= 11 is 0. The third kappa shape index (κ3) is 6.20. The SMILES string of the molecule is c1ccc(N(c2ccc(-c3ccc4c(ccc5ccccc54)c3)cc2)c2ccc(-c3cccc4oc5ccccc5c34)cc2)c(-c2ccc(-c3ccc4ccccc4c3)cc2)c1. The third-order valence-electron chi connectivity index (χ3n) is 12.5. The summed E-state index contributed by atoms with van der Waals surface area (Å²) in [4.78, 5) is 2.39. The molecule has 1 aromatic heterocycles. The third-order valence-corrected chi connectivity index (χ3v) is 12.5. The molecule has 0 aliphatic rings. The molecule has 12 rings (SSSR count). The molecule has 0 unspecified atom stereocenters. The van der Waals surface area contributed by atoms with E-state index in [1.807, 2.05) is 12.1 Å². The summed E-state index contributed by atoms with van der Waals surface area (Å²) in [6, 6.07) is 85.6. The van der Waals surface area contributed by atoms with Gasteiger partial charge in [-0.15, -0.1) is 0 Å². The van der Waals surface area contributed by atoms with Crippen molar-refractivity contribution in [1.29, 1.82) is 0 Å². The van der Waals surface area contributed by atoms with E-state index in [4.69, 9.17) is 4.42 Å². The fourth-order valence-electron chi connectivity index (χ4n) is 9.35. The van der Waals surface area contributed by atoms with Crippen LogP contribution in [-0.4, -0.2) is 0 Å². The Kier molecular flexibility index (Phi) is 8.53. The quantitative estimate of drug-likeness (QED) is 0.150. The molecule has 0 bridgehead atoms. The number of nitrogens with zero attached hydrogens (tertiary/aromatic N) is 1. The van der Waals surface area contributed by atoms with E-state index in [2.05, 4.69) is 229 Å². The number of fused-ring (bicyclic) bond motifs is 7. The Morgan fingerprint density at radius 2 is 0.758 bits per heavy atom. The van der Waals surface area contributed by atoms with E-state index in [9.17, 15) is 0 Å². The molecule has 0 radical (unpaired) electrons. The van der Waals surface area contributed by atoms with Gasteiger partial charge >= 0.3 is 0 Å². The Morgan fingerprint density at radius 3 is 1.55 bits per heavy atom. The highest BCUT2D eigenvalue weighted by Gasteiger charge is 2.19. The predicted molar refractivity (Wildman–Crippen MR) is 263 cm³/mol. The summed E-state index contributed by atoms with van der Waals surface area (Å²) in [6.07, 6.45) is 0. The summed E-state index contributed by atoms with van der Waals surface area (Å²) in [5.41, 5.74) is 14.5. The van der Waals surface area contributed by atoms with Gasteiger partial charge in [-0.25, -0.2) is 0 Å². The van der Waals surface area contributed by atoms with Crippen LogP contribution in [0.5, 0.6) is 0 Å². The average molecular weight is 790 g/mol. The van der Waals surface area contributed by atoms with Gasteiger partial charge in [0, 0.05) is 27.7 Å². The summed E-state index contributed by atoms with van der Waals surface area (Å²) in [5, 5.41) is 9.83. The summed E-state index contributed by atoms with van der Waals surface area (Å²) in [5.74, 6) is 0. The number of furan rings is 1. The minimum Gasteiger partial charge on any atom is -0.456 e. The standard InChI is InChI=1S/C60H39NO/c1-2-12-46-38-47(26-22-40(46)10-1)41-20-23-44(24-21-41)54-14-5-7-17-57(54)61(51-35-30-45(31-36-51)55-16-9-19-59-60(55)56-15-6-8-18-58(56)62-59)50-33-28-42(29-34-50)48-32-37-53-49(39-48)27-25-43-11-3-4-13-52(43)53/h1-39H. The molecule has 62 heavy (non-hydrogen) atoms. The predicted octanol–water partition coefficient (Wildman–Crippen LogP) is 17.2. The van der Waals surface area contributed by atoms with E-state index >= 15 is 0 Å². The van der Waals surface area contributed by atoms with Crippen LogP contribution in [0.2, 0.25) is 0 Å². The molecule has 11 aromatic carbocycles. The minimum absolute atomic E-state index is 0.898. The fraction of sp³-hybridized carbons (Fsp3) is 0. The summed E-state index contributed by atoms with van der Waals surface area (Å²) in [6.45, 7) is 0. The maximum atomic E-state index is 6.27. The minimum atomic E-state index is 0.898. The fourth-order valence-corrected chi connectivity index (χ4v) is 9.35. The first-order chi connectivity index (χ1) is 30.7. The Bertz CT molecular complexity index is 3620. The van der Waals surface area contributed by atoms with Gasteiger partial charge in [-0.3, -0.25) is 0 Å². The van der Waals surface area contributed by atoms with Gasteiger partial charge in [-0.1, -0.05) is 182 Å². The van der Waals surface area contributed by atoms with Crippen LogP contribution in [0.25, 0.3) is 98.8 Å². The maximum Gasteiger partial charge on any atom is 0.136 e. The molecule has 0 spiro atoms. The van der Waals surface area contributed by atoms with Crippen molar-refractivity contribution in [3.05, 3.63) is 237 Å². The first-order valence-corrected chi connectivity index (χ1v) is 21.2. The van der Waals surface area contributed by atoms with Crippen LogP contribution in [0, 0.1) is 0 Å². The van der Waals surface area contributed by atoms with E-state index in [1.54, 1.807) is 0 Å². The Balaban J connectivity index is 0.951. The Morgan fingerprint density at radius 1 is 0.274 bits per heavy atom. The van der Waals surface area contributed by atoms with Gasteiger partial charge in [-0.05, 0) is 126 Å². The van der Waals surface area contributed by atoms with Crippen molar-refractivity contribution in [2.24, 2.45) is 0 Å². The average Bonchev–Trinajstić information content (AvgIpc) is 3.74. The van der Waals surface area contributed by atoms with E-state index in [-0.39, 0.29) is 0 Å². The van der Waals surface area contributed by atoms with E-state index in [0.717, 1.165) is 61.3 Å². The van der Waals surface area contributed by atoms with E-state index in [0.29, 0.717) is 0 Å². The number of anilines is 3. The molecule has 0 atom stereocenters. The van der Waals surface area contributed by atoms with Crippen LogP contribution in [-0.2, 0) is 0 Å². The maximum absolute atomic E-state index is 6.27. The highest BCUT2D eigenvalue weighted by Crippen LogP contribution is 2.44.